The Morgan fingerprint density at radius 2 is 2.27 bits per heavy atom. The van der Waals surface area contributed by atoms with Crippen LogP contribution in [0.1, 0.15) is 12.0 Å². The number of carbonyl (C=O) groups excluding carboxylic acids is 1. The van der Waals surface area contributed by atoms with Gasteiger partial charge in [-0.1, -0.05) is 17.4 Å². The fourth-order valence-electron chi connectivity index (χ4n) is 2.50. The molecular formula is C14H17N3O3S2. The van der Waals surface area contributed by atoms with Crippen molar-refractivity contribution in [3.8, 4) is 0 Å². The number of nitrogens with one attached hydrogen (secondary N) is 2. The van der Waals surface area contributed by atoms with E-state index in [9.17, 15) is 13.2 Å². The van der Waals surface area contributed by atoms with Crippen LogP contribution < -0.4 is 10.6 Å². The van der Waals surface area contributed by atoms with Crippen molar-refractivity contribution in [2.75, 3.05) is 23.4 Å². The maximum Gasteiger partial charge on any atom is 0.321 e. The van der Waals surface area contributed by atoms with E-state index in [2.05, 4.69) is 15.6 Å². The molecule has 3 rings (SSSR count). The number of urea groups is 1. The maximum atomic E-state index is 11.9. The number of rotatable bonds is 3. The molecule has 118 valence electrons. The lowest BCUT2D eigenvalue weighted by Gasteiger charge is -2.09. The third kappa shape index (κ3) is 3.56. The highest BCUT2D eigenvalue weighted by atomic mass is 32.2. The third-order valence-electron chi connectivity index (χ3n) is 3.64. The zero-order valence-corrected chi connectivity index (χ0v) is 13.8. The SMILES string of the molecule is Cc1ccc2nc(NC(=O)NCC3CCS(=O)(=O)C3)sc2c1. The van der Waals surface area contributed by atoms with Crippen LogP contribution in [-0.2, 0) is 9.84 Å². The normalized spacial score (nSPS) is 20.1. The summed E-state index contributed by atoms with van der Waals surface area (Å²) in [4.78, 5) is 16.2. The molecule has 1 aromatic carbocycles. The molecule has 1 aliphatic rings. The van der Waals surface area contributed by atoms with Crippen molar-refractivity contribution >= 4 is 42.6 Å². The second-order valence-electron chi connectivity index (χ2n) is 5.59. The topological polar surface area (TPSA) is 88.2 Å². The molecule has 22 heavy (non-hydrogen) atoms. The Kier molecular flexibility index (Phi) is 4.05. The summed E-state index contributed by atoms with van der Waals surface area (Å²) in [7, 11) is -2.91. The zero-order valence-electron chi connectivity index (χ0n) is 12.1. The lowest BCUT2D eigenvalue weighted by molar-refractivity contribution is 0.250. The van der Waals surface area contributed by atoms with Crippen LogP contribution in [0, 0.1) is 12.8 Å². The molecule has 2 aromatic rings. The van der Waals surface area contributed by atoms with Crippen molar-refractivity contribution in [3.63, 3.8) is 0 Å². The van der Waals surface area contributed by atoms with Gasteiger partial charge in [0.15, 0.2) is 15.0 Å². The minimum atomic E-state index is -2.91. The van der Waals surface area contributed by atoms with E-state index in [1.807, 2.05) is 25.1 Å². The summed E-state index contributed by atoms with van der Waals surface area (Å²) in [5.41, 5.74) is 2.00. The Morgan fingerprint density at radius 3 is 3.00 bits per heavy atom. The summed E-state index contributed by atoms with van der Waals surface area (Å²) in [6, 6.07) is 5.58. The number of benzene rings is 1. The molecule has 1 aliphatic heterocycles. The number of carbonyl (C=O) groups is 1. The Labute approximate surface area is 132 Å². The predicted molar refractivity (Wildman–Crippen MR) is 88.1 cm³/mol. The molecule has 0 bridgehead atoms. The van der Waals surface area contributed by atoms with Gasteiger partial charge in [0.05, 0.1) is 21.7 Å². The molecule has 0 spiro atoms. The second kappa shape index (κ2) is 5.85. The number of nitrogens with zero attached hydrogens (tertiary/aromatic N) is 1. The number of hydrogen-bond donors (Lipinski definition) is 2. The quantitative estimate of drug-likeness (QED) is 0.897. The molecule has 1 atom stereocenters. The Hall–Kier alpha value is -1.67. The highest BCUT2D eigenvalue weighted by Crippen LogP contribution is 2.26. The smallest absolute Gasteiger partial charge is 0.321 e. The summed E-state index contributed by atoms with van der Waals surface area (Å²) < 4.78 is 23.8. The van der Waals surface area contributed by atoms with E-state index in [4.69, 9.17) is 0 Å². The van der Waals surface area contributed by atoms with Gasteiger partial charge < -0.3 is 5.32 Å². The summed E-state index contributed by atoms with van der Waals surface area (Å²) in [6.07, 6.45) is 0.614. The van der Waals surface area contributed by atoms with Gasteiger partial charge in [0.25, 0.3) is 0 Å². The first-order valence-corrected chi connectivity index (χ1v) is 9.67. The third-order valence-corrected chi connectivity index (χ3v) is 6.41. The molecule has 1 fully saturated rings. The standard InChI is InChI=1S/C14H17N3O3S2/c1-9-2-3-11-12(6-9)21-14(16-11)17-13(18)15-7-10-4-5-22(19,20)8-10/h2-3,6,10H,4-5,7-8H2,1H3,(H2,15,16,17,18). The summed E-state index contributed by atoms with van der Waals surface area (Å²) >= 11 is 1.42. The Balaban J connectivity index is 1.57. The van der Waals surface area contributed by atoms with Gasteiger partial charge in [-0.3, -0.25) is 5.32 Å². The molecule has 1 unspecified atom stereocenters. The fraction of sp³-hybridized carbons (Fsp3) is 0.429. The average Bonchev–Trinajstić information content (AvgIpc) is 2.98. The summed E-state index contributed by atoms with van der Waals surface area (Å²) in [5.74, 6) is 0.389. The van der Waals surface area contributed by atoms with E-state index in [0.717, 1.165) is 15.8 Å². The second-order valence-corrected chi connectivity index (χ2v) is 8.85. The lowest BCUT2D eigenvalue weighted by atomic mass is 10.1. The van der Waals surface area contributed by atoms with Crippen LogP contribution in [0.15, 0.2) is 18.2 Å². The van der Waals surface area contributed by atoms with E-state index in [1.165, 1.54) is 11.3 Å². The molecule has 1 aromatic heterocycles. The average molecular weight is 339 g/mol. The number of aryl methyl sites for hydroxylation is 1. The first-order valence-electron chi connectivity index (χ1n) is 7.04. The van der Waals surface area contributed by atoms with Gasteiger partial charge in [-0.25, -0.2) is 18.2 Å². The van der Waals surface area contributed by atoms with Crippen molar-refractivity contribution < 1.29 is 13.2 Å². The van der Waals surface area contributed by atoms with Crippen LogP contribution in [0.4, 0.5) is 9.93 Å². The van der Waals surface area contributed by atoms with Gasteiger partial charge in [-0.05, 0) is 37.0 Å². The molecule has 0 aliphatic carbocycles. The van der Waals surface area contributed by atoms with Crippen molar-refractivity contribution in [1.82, 2.24) is 10.3 Å². The fourth-order valence-corrected chi connectivity index (χ4v) is 5.32. The minimum absolute atomic E-state index is 0.00812. The van der Waals surface area contributed by atoms with Crippen LogP contribution in [-0.4, -0.2) is 37.5 Å². The molecule has 6 nitrogen and oxygen atoms in total. The minimum Gasteiger partial charge on any atom is -0.337 e. The number of thiazole rings is 1. The van der Waals surface area contributed by atoms with Crippen LogP contribution >= 0.6 is 11.3 Å². The molecule has 2 heterocycles. The molecule has 8 heteroatoms. The largest absolute Gasteiger partial charge is 0.337 e. The van der Waals surface area contributed by atoms with Crippen molar-refractivity contribution in [2.45, 2.75) is 13.3 Å². The maximum absolute atomic E-state index is 11.9. The van der Waals surface area contributed by atoms with E-state index >= 15 is 0 Å². The van der Waals surface area contributed by atoms with Gasteiger partial charge >= 0.3 is 6.03 Å². The predicted octanol–water partition coefficient (Wildman–Crippen LogP) is 2.16. The van der Waals surface area contributed by atoms with Gasteiger partial charge in [0.2, 0.25) is 0 Å². The van der Waals surface area contributed by atoms with Crippen LogP contribution in [0.2, 0.25) is 0 Å². The van der Waals surface area contributed by atoms with Gasteiger partial charge in [0.1, 0.15) is 0 Å². The van der Waals surface area contributed by atoms with Crippen LogP contribution in [0.3, 0.4) is 0 Å². The Morgan fingerprint density at radius 1 is 1.45 bits per heavy atom. The van der Waals surface area contributed by atoms with Crippen molar-refractivity contribution in [3.05, 3.63) is 23.8 Å². The van der Waals surface area contributed by atoms with Crippen LogP contribution in [0.5, 0.6) is 0 Å². The van der Waals surface area contributed by atoms with Gasteiger partial charge in [-0.2, -0.15) is 0 Å². The van der Waals surface area contributed by atoms with Crippen molar-refractivity contribution in [1.29, 1.82) is 0 Å². The van der Waals surface area contributed by atoms with Gasteiger partial charge in [0, 0.05) is 6.54 Å². The molecule has 0 saturated carbocycles. The number of fused-ring (bicyclic) bond motifs is 1. The first kappa shape index (κ1) is 15.2. The highest BCUT2D eigenvalue weighted by molar-refractivity contribution is 7.91. The number of hydrogen-bond acceptors (Lipinski definition) is 5. The summed E-state index contributed by atoms with van der Waals surface area (Å²) in [6.45, 7) is 2.38. The number of anilines is 1. The lowest BCUT2D eigenvalue weighted by Crippen LogP contribution is -2.33. The summed E-state index contributed by atoms with van der Waals surface area (Å²) in [5, 5.41) is 5.96. The monoisotopic (exact) mass is 339 g/mol. The molecular weight excluding hydrogens is 322 g/mol. The van der Waals surface area contributed by atoms with Crippen LogP contribution in [0.25, 0.3) is 10.2 Å². The highest BCUT2D eigenvalue weighted by Gasteiger charge is 2.27. The molecule has 2 N–H and O–H groups in total. The zero-order chi connectivity index (χ0) is 15.7. The molecule has 0 radical (unpaired) electrons. The van der Waals surface area contributed by atoms with Gasteiger partial charge in [-0.15, -0.1) is 0 Å². The van der Waals surface area contributed by atoms with E-state index in [1.54, 1.807) is 0 Å². The van der Waals surface area contributed by atoms with E-state index in [0.29, 0.717) is 18.1 Å². The number of sulfone groups is 1. The number of amides is 2. The molecule has 2 amide bonds. The number of aromatic nitrogens is 1. The Bertz CT molecular complexity index is 814. The molecule has 1 saturated heterocycles. The van der Waals surface area contributed by atoms with Crippen molar-refractivity contribution in [2.24, 2.45) is 5.92 Å². The van der Waals surface area contributed by atoms with E-state index < -0.39 is 9.84 Å². The first-order chi connectivity index (χ1) is 10.4. The van der Waals surface area contributed by atoms with E-state index in [-0.39, 0.29) is 23.5 Å².